The van der Waals surface area contributed by atoms with Gasteiger partial charge in [-0.2, -0.15) is 0 Å². The van der Waals surface area contributed by atoms with E-state index in [2.05, 4.69) is 59.8 Å². The second-order valence-electron chi connectivity index (χ2n) is 7.55. The Bertz CT molecular complexity index is 1490. The number of nitrogens with one attached hydrogen (secondary N) is 1. The molecule has 0 unspecified atom stereocenters. The van der Waals surface area contributed by atoms with Gasteiger partial charge in [0.25, 0.3) is 11.8 Å². The molecule has 1 heterocycles. The molecule has 0 spiro atoms. The highest BCUT2D eigenvalue weighted by Gasteiger charge is 2.37. The van der Waals surface area contributed by atoms with Gasteiger partial charge in [-0.3, -0.25) is 14.9 Å². The third-order valence-electron chi connectivity index (χ3n) is 5.01. The predicted octanol–water partition coefficient (Wildman–Crippen LogP) is 6.75. The van der Waals surface area contributed by atoms with Crippen LogP contribution in [-0.4, -0.2) is 23.8 Å². The number of imide groups is 2. The Hall–Kier alpha value is -2.80. The zero-order valence-electron chi connectivity index (χ0n) is 18.5. The molecule has 0 radical (unpaired) electrons. The lowest BCUT2D eigenvalue weighted by atomic mass is 10.1. The number of nitrogens with zero attached hydrogens (tertiary/aromatic N) is 1. The first kappa shape index (κ1) is 27.2. The summed E-state index contributed by atoms with van der Waals surface area (Å²) in [5.41, 5.74) is 0.987. The fourth-order valence-electron chi connectivity index (χ4n) is 3.31. The average Bonchev–Trinajstić information content (AvgIpc) is 2.84. The van der Waals surface area contributed by atoms with Gasteiger partial charge < -0.3 is 4.74 Å². The predicted molar refractivity (Wildman–Crippen MR) is 156 cm³/mol. The second-order valence-corrected chi connectivity index (χ2v) is 11.0. The maximum atomic E-state index is 13.2. The highest BCUT2D eigenvalue weighted by Crippen LogP contribution is 2.35. The molecular weight excluding hydrogens is 742 g/mol. The maximum absolute atomic E-state index is 13.2. The van der Waals surface area contributed by atoms with E-state index in [1.165, 1.54) is 12.2 Å². The van der Waals surface area contributed by atoms with E-state index in [-0.39, 0.29) is 16.9 Å². The van der Waals surface area contributed by atoms with E-state index < -0.39 is 23.8 Å². The third kappa shape index (κ3) is 6.56. The first-order valence-corrected chi connectivity index (χ1v) is 13.5. The molecule has 0 atom stereocenters. The number of hydrogen-bond acceptors (Lipinski definition) is 5. The Kier molecular flexibility index (Phi) is 8.63. The van der Waals surface area contributed by atoms with Gasteiger partial charge >= 0.3 is 12.0 Å². The molecule has 11 heteroatoms. The van der Waals surface area contributed by atoms with Crippen LogP contribution >= 0.6 is 66.1 Å². The van der Waals surface area contributed by atoms with Crippen molar-refractivity contribution in [3.63, 3.8) is 0 Å². The van der Waals surface area contributed by atoms with Crippen molar-refractivity contribution < 1.29 is 23.9 Å². The van der Waals surface area contributed by atoms with Crippen LogP contribution < -0.4 is 15.0 Å². The molecule has 0 bridgehead atoms. The number of anilines is 1. The molecule has 1 aliphatic rings. The van der Waals surface area contributed by atoms with E-state index in [4.69, 9.17) is 16.3 Å². The number of amides is 4. The highest BCUT2D eigenvalue weighted by molar-refractivity contribution is 14.1. The SMILES string of the molecule is O=C(/C=C/c1ccc(Cl)cc1)Oc1c(Br)cc(Br)cc1/C=C1/C(=O)NC(=O)N(c2ccc(I)cc2)C1=O. The van der Waals surface area contributed by atoms with Crippen molar-refractivity contribution in [1.29, 1.82) is 0 Å². The molecule has 1 N–H and O–H groups in total. The number of urea groups is 1. The summed E-state index contributed by atoms with van der Waals surface area (Å²) >= 11 is 14.7. The number of hydrogen-bond donors (Lipinski definition) is 1. The van der Waals surface area contributed by atoms with Gasteiger partial charge in [0.1, 0.15) is 5.57 Å². The van der Waals surface area contributed by atoms with E-state index in [9.17, 15) is 19.2 Å². The summed E-state index contributed by atoms with van der Waals surface area (Å²) in [6.45, 7) is 0. The summed E-state index contributed by atoms with van der Waals surface area (Å²) in [6, 6.07) is 15.9. The maximum Gasteiger partial charge on any atom is 0.336 e. The van der Waals surface area contributed by atoms with E-state index in [0.717, 1.165) is 14.0 Å². The number of carbonyl (C=O) groups excluding carboxylic acids is 4. The first-order valence-electron chi connectivity index (χ1n) is 10.4. The van der Waals surface area contributed by atoms with Gasteiger partial charge in [-0.15, -0.1) is 0 Å². The highest BCUT2D eigenvalue weighted by atomic mass is 127. The van der Waals surface area contributed by atoms with Gasteiger partial charge in [-0.1, -0.05) is 39.7 Å². The lowest BCUT2D eigenvalue weighted by molar-refractivity contribution is -0.129. The minimum absolute atomic E-state index is 0.0831. The van der Waals surface area contributed by atoms with Crippen molar-refractivity contribution in [1.82, 2.24) is 5.32 Å². The van der Waals surface area contributed by atoms with Gasteiger partial charge in [-0.25, -0.2) is 14.5 Å². The number of esters is 1. The molecule has 1 aliphatic heterocycles. The monoisotopic (exact) mass is 754 g/mol. The van der Waals surface area contributed by atoms with Gasteiger partial charge in [0.15, 0.2) is 5.75 Å². The van der Waals surface area contributed by atoms with Crippen LogP contribution in [0, 0.1) is 3.57 Å². The van der Waals surface area contributed by atoms with Crippen LogP contribution in [0.15, 0.2) is 81.3 Å². The molecule has 0 aliphatic carbocycles. The molecule has 4 rings (SSSR count). The molecule has 1 fully saturated rings. The van der Waals surface area contributed by atoms with E-state index >= 15 is 0 Å². The number of benzene rings is 3. The zero-order chi connectivity index (χ0) is 26.7. The largest absolute Gasteiger partial charge is 0.422 e. The lowest BCUT2D eigenvalue weighted by Crippen LogP contribution is -2.54. The fraction of sp³-hybridized carbons (Fsp3) is 0. The van der Waals surface area contributed by atoms with Gasteiger partial charge in [0, 0.05) is 24.7 Å². The van der Waals surface area contributed by atoms with Crippen molar-refractivity contribution in [2.24, 2.45) is 0 Å². The number of halogens is 4. The number of rotatable bonds is 5. The third-order valence-corrected chi connectivity index (χ3v) is 7.03. The van der Waals surface area contributed by atoms with Crippen molar-refractivity contribution in [2.75, 3.05) is 4.90 Å². The molecule has 4 amide bonds. The number of barbiturate groups is 1. The van der Waals surface area contributed by atoms with Gasteiger partial charge in [0.05, 0.1) is 10.2 Å². The first-order chi connectivity index (χ1) is 17.6. The van der Waals surface area contributed by atoms with Gasteiger partial charge in [-0.05, 0) is 105 Å². The molecule has 37 heavy (non-hydrogen) atoms. The van der Waals surface area contributed by atoms with E-state index in [1.54, 1.807) is 66.7 Å². The quantitative estimate of drug-likeness (QED) is 0.102. The van der Waals surface area contributed by atoms with Crippen LogP contribution in [0.5, 0.6) is 5.75 Å². The summed E-state index contributed by atoms with van der Waals surface area (Å²) < 4.78 is 7.45. The molecule has 3 aromatic carbocycles. The zero-order valence-corrected chi connectivity index (χ0v) is 24.6. The van der Waals surface area contributed by atoms with Crippen molar-refractivity contribution >= 4 is 108 Å². The van der Waals surface area contributed by atoms with E-state index in [1.807, 2.05) is 0 Å². The second kappa shape index (κ2) is 11.7. The summed E-state index contributed by atoms with van der Waals surface area (Å²) in [6.07, 6.45) is 4.07. The summed E-state index contributed by atoms with van der Waals surface area (Å²) in [5, 5.41) is 2.75. The summed E-state index contributed by atoms with van der Waals surface area (Å²) in [7, 11) is 0. The fourth-order valence-corrected chi connectivity index (χ4v) is 5.13. The normalized spacial score (nSPS) is 14.9. The molecule has 7 nitrogen and oxygen atoms in total. The topological polar surface area (TPSA) is 92.8 Å². The number of ether oxygens (including phenoxy) is 1. The summed E-state index contributed by atoms with van der Waals surface area (Å²) in [5.74, 6) is -2.29. The molecule has 1 saturated heterocycles. The Morgan fingerprint density at radius 3 is 2.35 bits per heavy atom. The van der Waals surface area contributed by atoms with Crippen LogP contribution in [0.4, 0.5) is 10.5 Å². The number of carbonyl (C=O) groups is 4. The molecular formula is C26H14Br2ClIN2O5. The average molecular weight is 757 g/mol. The summed E-state index contributed by atoms with van der Waals surface area (Å²) in [4.78, 5) is 51.8. The molecule has 3 aromatic rings. The Morgan fingerprint density at radius 2 is 1.68 bits per heavy atom. The smallest absolute Gasteiger partial charge is 0.336 e. The Morgan fingerprint density at radius 1 is 1.00 bits per heavy atom. The minimum atomic E-state index is -0.868. The van der Waals surface area contributed by atoms with E-state index in [0.29, 0.717) is 19.7 Å². The van der Waals surface area contributed by atoms with Crippen LogP contribution in [0.1, 0.15) is 11.1 Å². The molecule has 0 aromatic heterocycles. The van der Waals surface area contributed by atoms with Crippen LogP contribution in [0.3, 0.4) is 0 Å². The standard InChI is InChI=1S/C26H14Br2ClIN2O5/c27-16-11-15(23(21(28)13-16)37-22(33)10-3-14-1-4-17(29)5-2-14)12-20-24(34)31-26(36)32(25(20)35)19-8-6-18(30)7-9-19/h1-13H,(H,31,34,36)/b10-3+,20-12-. The Labute approximate surface area is 246 Å². The van der Waals surface area contributed by atoms with Crippen molar-refractivity contribution in [3.8, 4) is 5.75 Å². The lowest BCUT2D eigenvalue weighted by Gasteiger charge is -2.26. The van der Waals surface area contributed by atoms with Crippen molar-refractivity contribution in [2.45, 2.75) is 0 Å². The Balaban J connectivity index is 1.67. The van der Waals surface area contributed by atoms with Crippen LogP contribution in [0.2, 0.25) is 5.02 Å². The van der Waals surface area contributed by atoms with Crippen LogP contribution in [-0.2, 0) is 14.4 Å². The van der Waals surface area contributed by atoms with Gasteiger partial charge in [0.2, 0.25) is 0 Å². The van der Waals surface area contributed by atoms with Crippen molar-refractivity contribution in [3.05, 3.63) is 101 Å². The molecule has 0 saturated carbocycles. The van der Waals surface area contributed by atoms with Crippen LogP contribution in [0.25, 0.3) is 12.2 Å². The minimum Gasteiger partial charge on any atom is -0.422 e. The molecule has 186 valence electrons.